The third-order valence-corrected chi connectivity index (χ3v) is 3.93. The number of halogens is 1. The average Bonchev–Trinajstić information content (AvgIpc) is 2.85. The predicted molar refractivity (Wildman–Crippen MR) is 77.2 cm³/mol. The zero-order valence-electron chi connectivity index (χ0n) is 11.6. The highest BCUT2D eigenvalue weighted by Crippen LogP contribution is 2.24. The van der Waals surface area contributed by atoms with Gasteiger partial charge in [0.15, 0.2) is 0 Å². The smallest absolute Gasteiger partial charge is 0.128 e. The summed E-state index contributed by atoms with van der Waals surface area (Å²) in [5.74, 6) is -0.414. The van der Waals surface area contributed by atoms with Crippen molar-refractivity contribution in [2.45, 2.75) is 38.3 Å². The first kappa shape index (κ1) is 14.9. The summed E-state index contributed by atoms with van der Waals surface area (Å²) in [6.45, 7) is 1.77. The van der Waals surface area contributed by atoms with Gasteiger partial charge in [0.05, 0.1) is 0 Å². The van der Waals surface area contributed by atoms with Crippen LogP contribution in [0.4, 0.5) is 4.39 Å². The summed E-state index contributed by atoms with van der Waals surface area (Å²) in [6, 6.07) is 5.18. The van der Waals surface area contributed by atoms with E-state index in [1.807, 2.05) is 0 Å². The molecule has 0 saturated carbocycles. The summed E-state index contributed by atoms with van der Waals surface area (Å²) in [6.07, 6.45) is 4.01. The number of likely N-dealkylation sites (tertiary alicyclic amines) is 1. The Morgan fingerprint density at radius 1 is 1.50 bits per heavy atom. The van der Waals surface area contributed by atoms with E-state index >= 15 is 0 Å². The van der Waals surface area contributed by atoms with Crippen molar-refractivity contribution in [3.8, 4) is 0 Å². The molecule has 1 saturated heterocycles. The van der Waals surface area contributed by atoms with Gasteiger partial charge in [0.25, 0.3) is 0 Å². The number of nitrogens with two attached hydrogens (primary N) is 1. The Balaban J connectivity index is 2.03. The van der Waals surface area contributed by atoms with Crippen molar-refractivity contribution in [2.75, 3.05) is 13.2 Å². The average molecular weight is 279 g/mol. The minimum Gasteiger partial charge on any atom is -0.396 e. The van der Waals surface area contributed by atoms with Crippen LogP contribution in [0.5, 0.6) is 0 Å². The van der Waals surface area contributed by atoms with Gasteiger partial charge in [0.1, 0.15) is 11.7 Å². The Hall–Kier alpha value is -1.46. The van der Waals surface area contributed by atoms with Gasteiger partial charge in [-0.2, -0.15) is 0 Å². The molecule has 0 aromatic heterocycles. The highest BCUT2D eigenvalue weighted by Gasteiger charge is 2.24. The summed E-state index contributed by atoms with van der Waals surface area (Å²) < 4.78 is 14.0. The fraction of sp³-hybridized carbons (Fsp3) is 0.533. The van der Waals surface area contributed by atoms with Crippen LogP contribution in [-0.4, -0.2) is 35.0 Å². The zero-order chi connectivity index (χ0) is 14.5. The molecule has 1 aromatic rings. The SMILES string of the molecule is N=C(N)c1ccc(CN2CCCC2CCCO)c(F)c1. The minimum absolute atomic E-state index is 0.113. The van der Waals surface area contributed by atoms with Crippen molar-refractivity contribution in [1.82, 2.24) is 4.90 Å². The maximum atomic E-state index is 14.0. The monoisotopic (exact) mass is 279 g/mol. The quantitative estimate of drug-likeness (QED) is 0.549. The van der Waals surface area contributed by atoms with Gasteiger partial charge >= 0.3 is 0 Å². The van der Waals surface area contributed by atoms with E-state index in [0.717, 1.165) is 32.2 Å². The summed E-state index contributed by atoms with van der Waals surface area (Å²) in [4.78, 5) is 2.28. The molecule has 5 heteroatoms. The number of hydrogen-bond acceptors (Lipinski definition) is 3. The normalized spacial score (nSPS) is 19.4. The lowest BCUT2D eigenvalue weighted by atomic mass is 10.1. The third-order valence-electron chi connectivity index (χ3n) is 3.93. The maximum Gasteiger partial charge on any atom is 0.128 e. The van der Waals surface area contributed by atoms with E-state index in [-0.39, 0.29) is 18.3 Å². The lowest BCUT2D eigenvalue weighted by Crippen LogP contribution is -2.29. The van der Waals surface area contributed by atoms with E-state index in [1.54, 1.807) is 12.1 Å². The Bertz CT molecular complexity index is 478. The van der Waals surface area contributed by atoms with Crippen molar-refractivity contribution in [3.05, 3.63) is 35.1 Å². The Morgan fingerprint density at radius 2 is 2.30 bits per heavy atom. The molecule has 0 radical (unpaired) electrons. The van der Waals surface area contributed by atoms with Crippen LogP contribution in [0.2, 0.25) is 0 Å². The first-order valence-corrected chi connectivity index (χ1v) is 7.09. The number of nitrogens with zero attached hydrogens (tertiary/aromatic N) is 1. The van der Waals surface area contributed by atoms with E-state index in [0.29, 0.717) is 23.7 Å². The van der Waals surface area contributed by atoms with Gasteiger partial charge in [-0.1, -0.05) is 12.1 Å². The highest BCUT2D eigenvalue weighted by molar-refractivity contribution is 5.94. The van der Waals surface area contributed by atoms with Crippen LogP contribution >= 0.6 is 0 Å². The van der Waals surface area contributed by atoms with Crippen LogP contribution in [0.3, 0.4) is 0 Å². The molecular formula is C15H22FN3O. The van der Waals surface area contributed by atoms with Gasteiger partial charge in [-0.25, -0.2) is 4.39 Å². The van der Waals surface area contributed by atoms with Crippen LogP contribution in [0.25, 0.3) is 0 Å². The number of benzene rings is 1. The fourth-order valence-electron chi connectivity index (χ4n) is 2.82. The number of amidine groups is 1. The standard InChI is InChI=1S/C15H22FN3O/c16-14-9-11(15(17)18)5-6-12(14)10-19-7-1-3-13(19)4-2-8-20/h5-6,9,13,20H,1-4,7-8,10H2,(H3,17,18). The second-order valence-corrected chi connectivity index (χ2v) is 5.35. The molecule has 1 atom stereocenters. The maximum absolute atomic E-state index is 14.0. The molecule has 1 aliphatic rings. The lowest BCUT2D eigenvalue weighted by Gasteiger charge is -2.24. The topological polar surface area (TPSA) is 73.3 Å². The Kier molecular flexibility index (Phi) is 5.09. The van der Waals surface area contributed by atoms with E-state index in [2.05, 4.69) is 4.90 Å². The molecule has 0 aliphatic carbocycles. The minimum atomic E-state index is -0.300. The third kappa shape index (κ3) is 3.55. The lowest BCUT2D eigenvalue weighted by molar-refractivity contribution is 0.208. The van der Waals surface area contributed by atoms with Crippen LogP contribution in [-0.2, 0) is 6.54 Å². The summed E-state index contributed by atoms with van der Waals surface area (Å²) in [5, 5.41) is 16.2. The van der Waals surface area contributed by atoms with Gasteiger partial charge < -0.3 is 10.8 Å². The molecule has 4 N–H and O–H groups in total. The van der Waals surface area contributed by atoms with Crippen molar-refractivity contribution >= 4 is 5.84 Å². The zero-order valence-corrected chi connectivity index (χ0v) is 11.6. The van der Waals surface area contributed by atoms with E-state index in [1.165, 1.54) is 6.07 Å². The number of nitrogens with one attached hydrogen (secondary N) is 1. The van der Waals surface area contributed by atoms with Crippen molar-refractivity contribution in [3.63, 3.8) is 0 Å². The summed E-state index contributed by atoms with van der Waals surface area (Å²) in [7, 11) is 0. The van der Waals surface area contributed by atoms with Crippen LogP contribution in [0, 0.1) is 11.2 Å². The van der Waals surface area contributed by atoms with Gasteiger partial charge in [-0.05, 0) is 38.3 Å². The molecule has 0 bridgehead atoms. The molecule has 1 heterocycles. The molecule has 0 spiro atoms. The number of rotatable bonds is 6. The number of nitrogen functional groups attached to an aromatic ring is 1. The number of aliphatic hydroxyl groups is 1. The summed E-state index contributed by atoms with van der Waals surface area (Å²) >= 11 is 0. The second-order valence-electron chi connectivity index (χ2n) is 5.35. The molecular weight excluding hydrogens is 257 g/mol. The molecule has 0 amide bonds. The van der Waals surface area contributed by atoms with Crippen molar-refractivity contribution in [1.29, 1.82) is 5.41 Å². The second kappa shape index (κ2) is 6.81. The number of aliphatic hydroxyl groups excluding tert-OH is 1. The van der Waals surface area contributed by atoms with Gasteiger partial charge in [0.2, 0.25) is 0 Å². The van der Waals surface area contributed by atoms with E-state index in [9.17, 15) is 4.39 Å². The summed E-state index contributed by atoms with van der Waals surface area (Å²) in [5.41, 5.74) is 6.42. The predicted octanol–water partition coefficient (Wildman–Crippen LogP) is 1.85. The Labute approximate surface area is 118 Å². The largest absolute Gasteiger partial charge is 0.396 e. The number of hydrogen-bond donors (Lipinski definition) is 3. The molecule has 20 heavy (non-hydrogen) atoms. The van der Waals surface area contributed by atoms with Crippen molar-refractivity contribution < 1.29 is 9.50 Å². The fourth-order valence-corrected chi connectivity index (χ4v) is 2.82. The molecule has 1 aromatic carbocycles. The molecule has 1 unspecified atom stereocenters. The molecule has 1 fully saturated rings. The van der Waals surface area contributed by atoms with Crippen molar-refractivity contribution in [2.24, 2.45) is 5.73 Å². The van der Waals surface area contributed by atoms with E-state index < -0.39 is 0 Å². The molecule has 4 nitrogen and oxygen atoms in total. The van der Waals surface area contributed by atoms with Crippen LogP contribution < -0.4 is 5.73 Å². The van der Waals surface area contributed by atoms with Gasteiger partial charge in [0, 0.05) is 30.3 Å². The molecule has 1 aliphatic heterocycles. The molecule has 2 rings (SSSR count). The highest BCUT2D eigenvalue weighted by atomic mass is 19.1. The first-order chi connectivity index (χ1) is 9.61. The van der Waals surface area contributed by atoms with Crippen LogP contribution in [0.15, 0.2) is 18.2 Å². The van der Waals surface area contributed by atoms with Crippen LogP contribution in [0.1, 0.15) is 36.8 Å². The molecule has 110 valence electrons. The Morgan fingerprint density at radius 3 is 2.95 bits per heavy atom. The van der Waals surface area contributed by atoms with Gasteiger partial charge in [-0.15, -0.1) is 0 Å². The van der Waals surface area contributed by atoms with E-state index in [4.69, 9.17) is 16.2 Å². The van der Waals surface area contributed by atoms with Gasteiger partial charge in [-0.3, -0.25) is 10.3 Å². The first-order valence-electron chi connectivity index (χ1n) is 7.09.